The van der Waals surface area contributed by atoms with Gasteiger partial charge in [0.1, 0.15) is 10.7 Å². The number of sulfonamides is 1. The summed E-state index contributed by atoms with van der Waals surface area (Å²) in [5.74, 6) is -0.750. The number of hydrogen-bond donors (Lipinski definition) is 2. The van der Waals surface area contributed by atoms with Gasteiger partial charge in [0, 0.05) is 12.6 Å². The zero-order chi connectivity index (χ0) is 15.5. The number of thiophene rings is 1. The molecule has 7 heteroatoms. The van der Waals surface area contributed by atoms with Crippen LogP contribution in [-0.4, -0.2) is 15.5 Å². The number of rotatable bonds is 6. The molecule has 0 saturated heterocycles. The lowest BCUT2D eigenvalue weighted by atomic mass is 10.2. The third-order valence-corrected chi connectivity index (χ3v) is 5.30. The van der Waals surface area contributed by atoms with Crippen molar-refractivity contribution < 1.29 is 12.8 Å². The van der Waals surface area contributed by atoms with Gasteiger partial charge in [-0.1, -0.05) is 6.07 Å². The molecule has 0 bridgehead atoms. The Hall–Kier alpha value is -1.28. The van der Waals surface area contributed by atoms with Crippen molar-refractivity contribution in [2.45, 2.75) is 24.4 Å². The van der Waals surface area contributed by atoms with Crippen molar-refractivity contribution in [2.24, 2.45) is 0 Å². The van der Waals surface area contributed by atoms with E-state index in [4.69, 9.17) is 0 Å². The summed E-state index contributed by atoms with van der Waals surface area (Å²) in [6.45, 7) is 2.21. The standard InChI is InChI=1S/C14H17FN2O2S2/c1-10(12-5-6-20-9-12)17-21(18,19)14-7-11(8-16-2)3-4-13(14)15/h3-7,9-10,16-17H,8H2,1-2H3. The first-order valence-electron chi connectivity index (χ1n) is 6.41. The SMILES string of the molecule is CNCc1ccc(F)c(S(=O)(=O)NC(C)c2ccsc2)c1. The summed E-state index contributed by atoms with van der Waals surface area (Å²) >= 11 is 1.48. The molecule has 0 fully saturated rings. The fraction of sp³-hybridized carbons (Fsp3) is 0.286. The molecule has 0 aliphatic heterocycles. The summed E-state index contributed by atoms with van der Waals surface area (Å²) in [5.41, 5.74) is 1.57. The van der Waals surface area contributed by atoms with Gasteiger partial charge in [0.25, 0.3) is 0 Å². The second-order valence-corrected chi connectivity index (χ2v) is 7.16. The quantitative estimate of drug-likeness (QED) is 0.857. The van der Waals surface area contributed by atoms with Gasteiger partial charge >= 0.3 is 0 Å². The van der Waals surface area contributed by atoms with Crippen LogP contribution in [0.4, 0.5) is 4.39 Å². The van der Waals surface area contributed by atoms with Crippen molar-refractivity contribution in [1.29, 1.82) is 0 Å². The second-order valence-electron chi connectivity index (χ2n) is 4.69. The molecule has 0 radical (unpaired) electrons. The highest BCUT2D eigenvalue weighted by atomic mass is 32.2. The number of nitrogens with one attached hydrogen (secondary N) is 2. The summed E-state index contributed by atoms with van der Waals surface area (Å²) in [5, 5.41) is 6.64. The van der Waals surface area contributed by atoms with E-state index in [0.29, 0.717) is 12.1 Å². The number of benzene rings is 1. The Balaban J connectivity index is 2.28. The molecule has 2 aromatic rings. The average Bonchev–Trinajstić information content (AvgIpc) is 2.94. The molecule has 0 aliphatic carbocycles. The lowest BCUT2D eigenvalue weighted by molar-refractivity contribution is 0.546. The molecule has 1 atom stereocenters. The van der Waals surface area contributed by atoms with Crippen molar-refractivity contribution >= 4 is 21.4 Å². The molecular weight excluding hydrogens is 311 g/mol. The van der Waals surface area contributed by atoms with Gasteiger partial charge < -0.3 is 5.32 Å². The molecule has 1 aromatic carbocycles. The van der Waals surface area contributed by atoms with Crippen molar-refractivity contribution in [1.82, 2.24) is 10.0 Å². The van der Waals surface area contributed by atoms with Crippen LogP contribution in [0.15, 0.2) is 39.9 Å². The van der Waals surface area contributed by atoms with Crippen LogP contribution < -0.4 is 10.0 Å². The van der Waals surface area contributed by atoms with E-state index >= 15 is 0 Å². The summed E-state index contributed by atoms with van der Waals surface area (Å²) in [7, 11) is -2.16. The Labute approximate surface area is 128 Å². The molecule has 0 amide bonds. The summed E-state index contributed by atoms with van der Waals surface area (Å²) in [6, 6.07) is 5.53. The van der Waals surface area contributed by atoms with Crippen LogP contribution >= 0.6 is 11.3 Å². The largest absolute Gasteiger partial charge is 0.316 e. The van der Waals surface area contributed by atoms with Gasteiger partial charge in [-0.3, -0.25) is 0 Å². The van der Waals surface area contributed by atoms with Crippen LogP contribution in [0, 0.1) is 5.82 Å². The summed E-state index contributed by atoms with van der Waals surface area (Å²) in [4.78, 5) is -0.322. The smallest absolute Gasteiger partial charge is 0.244 e. The van der Waals surface area contributed by atoms with Gasteiger partial charge in [-0.2, -0.15) is 11.3 Å². The second kappa shape index (κ2) is 6.65. The molecule has 0 saturated carbocycles. The van der Waals surface area contributed by atoms with Gasteiger partial charge in [0.15, 0.2) is 0 Å². The Morgan fingerprint density at radius 1 is 1.33 bits per heavy atom. The van der Waals surface area contributed by atoms with Crippen molar-refractivity contribution in [3.05, 3.63) is 52.0 Å². The van der Waals surface area contributed by atoms with Crippen LogP contribution in [0.25, 0.3) is 0 Å². The Morgan fingerprint density at radius 3 is 2.71 bits per heavy atom. The van der Waals surface area contributed by atoms with Crippen LogP contribution in [-0.2, 0) is 16.6 Å². The molecule has 2 N–H and O–H groups in total. The van der Waals surface area contributed by atoms with E-state index in [9.17, 15) is 12.8 Å². The topological polar surface area (TPSA) is 58.2 Å². The predicted octanol–water partition coefficient (Wildman–Crippen LogP) is 2.65. The maximum absolute atomic E-state index is 13.9. The van der Waals surface area contributed by atoms with E-state index < -0.39 is 21.9 Å². The van der Waals surface area contributed by atoms with E-state index in [1.54, 1.807) is 20.0 Å². The first-order valence-corrected chi connectivity index (χ1v) is 8.84. The lowest BCUT2D eigenvalue weighted by Crippen LogP contribution is -2.27. The minimum atomic E-state index is -3.91. The van der Waals surface area contributed by atoms with Crippen LogP contribution in [0.3, 0.4) is 0 Å². The lowest BCUT2D eigenvalue weighted by Gasteiger charge is -2.14. The molecule has 0 aliphatic rings. The molecular formula is C14H17FN2O2S2. The third-order valence-electron chi connectivity index (χ3n) is 3.04. The Kier molecular flexibility index (Phi) is 5.10. The fourth-order valence-electron chi connectivity index (χ4n) is 1.95. The van der Waals surface area contributed by atoms with Crippen molar-refractivity contribution in [3.8, 4) is 0 Å². The van der Waals surface area contributed by atoms with E-state index in [0.717, 1.165) is 5.56 Å². The van der Waals surface area contributed by atoms with Gasteiger partial charge in [0.2, 0.25) is 10.0 Å². The Morgan fingerprint density at radius 2 is 2.10 bits per heavy atom. The van der Waals surface area contributed by atoms with Gasteiger partial charge in [-0.25, -0.2) is 17.5 Å². The number of halogens is 1. The Bertz CT molecular complexity index is 700. The summed E-state index contributed by atoms with van der Waals surface area (Å²) in [6.07, 6.45) is 0. The summed E-state index contributed by atoms with van der Waals surface area (Å²) < 4.78 is 41.1. The van der Waals surface area contributed by atoms with Crippen LogP contribution in [0.2, 0.25) is 0 Å². The molecule has 4 nitrogen and oxygen atoms in total. The first kappa shape index (κ1) is 16.1. The minimum absolute atomic E-state index is 0.322. The monoisotopic (exact) mass is 328 g/mol. The molecule has 1 unspecified atom stereocenters. The van der Waals surface area contributed by atoms with E-state index in [1.807, 2.05) is 16.8 Å². The van der Waals surface area contributed by atoms with Crippen LogP contribution in [0.5, 0.6) is 0 Å². The predicted molar refractivity (Wildman–Crippen MR) is 82.2 cm³/mol. The highest BCUT2D eigenvalue weighted by molar-refractivity contribution is 7.89. The average molecular weight is 328 g/mol. The molecule has 1 aromatic heterocycles. The van der Waals surface area contributed by atoms with Gasteiger partial charge in [0.05, 0.1) is 0 Å². The van der Waals surface area contributed by atoms with Crippen molar-refractivity contribution in [3.63, 3.8) is 0 Å². The molecule has 2 rings (SSSR count). The molecule has 1 heterocycles. The molecule has 21 heavy (non-hydrogen) atoms. The number of hydrogen-bond acceptors (Lipinski definition) is 4. The van der Waals surface area contributed by atoms with Gasteiger partial charge in [-0.05, 0) is 54.1 Å². The highest BCUT2D eigenvalue weighted by Gasteiger charge is 2.22. The van der Waals surface area contributed by atoms with E-state index in [-0.39, 0.29) is 4.90 Å². The molecule has 0 spiro atoms. The maximum atomic E-state index is 13.9. The normalized spacial score (nSPS) is 13.3. The molecule has 114 valence electrons. The fourth-order valence-corrected chi connectivity index (χ4v) is 4.07. The highest BCUT2D eigenvalue weighted by Crippen LogP contribution is 2.21. The van der Waals surface area contributed by atoms with Gasteiger partial charge in [-0.15, -0.1) is 0 Å². The third kappa shape index (κ3) is 3.88. The van der Waals surface area contributed by atoms with Crippen LogP contribution in [0.1, 0.15) is 24.1 Å². The zero-order valence-electron chi connectivity index (χ0n) is 11.8. The zero-order valence-corrected chi connectivity index (χ0v) is 13.4. The minimum Gasteiger partial charge on any atom is -0.316 e. The van der Waals surface area contributed by atoms with Crippen molar-refractivity contribution in [2.75, 3.05) is 7.05 Å². The van der Waals surface area contributed by atoms with E-state index in [2.05, 4.69) is 10.0 Å². The van der Waals surface area contributed by atoms with E-state index in [1.165, 1.54) is 23.5 Å². The first-order chi connectivity index (χ1) is 9.94. The maximum Gasteiger partial charge on any atom is 0.244 e.